The molecule has 2 aromatic carbocycles. The summed E-state index contributed by atoms with van der Waals surface area (Å²) in [5, 5.41) is 6.61. The Labute approximate surface area is 185 Å². The molecule has 0 aliphatic heterocycles. The summed E-state index contributed by atoms with van der Waals surface area (Å²) in [5.41, 5.74) is 3.27. The van der Waals surface area contributed by atoms with Gasteiger partial charge in [-0.3, -0.25) is 9.89 Å². The summed E-state index contributed by atoms with van der Waals surface area (Å²) in [6, 6.07) is 15.8. The third kappa shape index (κ3) is 7.75. The Hall–Kier alpha value is -1.67. The van der Waals surface area contributed by atoms with Gasteiger partial charge in [-0.05, 0) is 50.1 Å². The van der Waals surface area contributed by atoms with E-state index in [2.05, 4.69) is 65.7 Å². The zero-order valence-corrected chi connectivity index (χ0v) is 19.5. The summed E-state index contributed by atoms with van der Waals surface area (Å²) >= 11 is 0. The molecular formula is C22H32FIN4. The van der Waals surface area contributed by atoms with E-state index in [1.54, 1.807) is 13.1 Å². The molecule has 0 aromatic heterocycles. The molecular weight excluding hydrogens is 466 g/mol. The van der Waals surface area contributed by atoms with Crippen LogP contribution in [0.4, 0.5) is 4.39 Å². The Morgan fingerprint density at radius 3 is 2.21 bits per heavy atom. The lowest BCUT2D eigenvalue weighted by molar-refractivity contribution is 0.265. The number of guanidine groups is 1. The molecule has 6 heteroatoms. The van der Waals surface area contributed by atoms with Crippen molar-refractivity contribution >= 4 is 29.9 Å². The van der Waals surface area contributed by atoms with Crippen LogP contribution in [0.5, 0.6) is 0 Å². The quantitative estimate of drug-likeness (QED) is 0.326. The van der Waals surface area contributed by atoms with Gasteiger partial charge in [-0.1, -0.05) is 42.5 Å². The van der Waals surface area contributed by atoms with Crippen molar-refractivity contribution in [2.24, 2.45) is 4.99 Å². The Morgan fingerprint density at radius 2 is 1.61 bits per heavy atom. The number of rotatable bonds is 8. The maximum Gasteiger partial charge on any atom is 0.191 e. The van der Waals surface area contributed by atoms with E-state index in [9.17, 15) is 4.39 Å². The minimum atomic E-state index is -0.162. The van der Waals surface area contributed by atoms with E-state index >= 15 is 0 Å². The average molecular weight is 498 g/mol. The molecule has 2 N–H and O–H groups in total. The molecule has 0 atom stereocenters. The second kappa shape index (κ2) is 12.7. The van der Waals surface area contributed by atoms with Gasteiger partial charge in [-0.15, -0.1) is 24.0 Å². The number of nitrogens with one attached hydrogen (secondary N) is 2. The minimum absolute atomic E-state index is 0. The molecule has 28 heavy (non-hydrogen) atoms. The highest BCUT2D eigenvalue weighted by atomic mass is 127. The Bertz CT molecular complexity index is 749. The van der Waals surface area contributed by atoms with Crippen LogP contribution < -0.4 is 10.6 Å². The molecule has 154 valence electrons. The maximum atomic E-state index is 13.7. The summed E-state index contributed by atoms with van der Waals surface area (Å²) in [5.74, 6) is 0.559. The van der Waals surface area contributed by atoms with Crippen LogP contribution in [0, 0.1) is 5.82 Å². The predicted octanol–water partition coefficient (Wildman–Crippen LogP) is 4.19. The number of halogens is 2. The molecule has 0 heterocycles. The molecule has 0 aliphatic rings. The van der Waals surface area contributed by atoms with Crippen molar-refractivity contribution in [3.05, 3.63) is 71.0 Å². The molecule has 0 bridgehead atoms. The summed E-state index contributed by atoms with van der Waals surface area (Å²) in [6.45, 7) is 6.62. The standard InChI is InChI=1S/C22H31FN4.HI/c1-17(2)27(4)16-20-11-6-5-10-19(20)15-26-22(24-3)25-14-13-18-9-7-8-12-21(18)23;/h5-12,17H,13-16H2,1-4H3,(H2,24,25,26);1H. The highest BCUT2D eigenvalue weighted by Crippen LogP contribution is 2.12. The van der Waals surface area contributed by atoms with E-state index in [-0.39, 0.29) is 29.8 Å². The smallest absolute Gasteiger partial charge is 0.191 e. The van der Waals surface area contributed by atoms with Gasteiger partial charge in [0.2, 0.25) is 0 Å². The third-order valence-corrected chi connectivity index (χ3v) is 4.73. The lowest BCUT2D eigenvalue weighted by Gasteiger charge is -2.23. The molecule has 0 aliphatic carbocycles. The fraction of sp³-hybridized carbons (Fsp3) is 0.409. The van der Waals surface area contributed by atoms with Crippen LogP contribution in [0.2, 0.25) is 0 Å². The van der Waals surface area contributed by atoms with Gasteiger partial charge < -0.3 is 10.6 Å². The van der Waals surface area contributed by atoms with Crippen LogP contribution in [-0.4, -0.2) is 37.5 Å². The minimum Gasteiger partial charge on any atom is -0.356 e. The van der Waals surface area contributed by atoms with Crippen LogP contribution in [0.1, 0.15) is 30.5 Å². The van der Waals surface area contributed by atoms with Crippen molar-refractivity contribution in [3.8, 4) is 0 Å². The topological polar surface area (TPSA) is 39.7 Å². The van der Waals surface area contributed by atoms with Gasteiger partial charge in [0.05, 0.1) is 0 Å². The van der Waals surface area contributed by atoms with Crippen molar-refractivity contribution < 1.29 is 4.39 Å². The number of hydrogen-bond acceptors (Lipinski definition) is 2. The zero-order chi connectivity index (χ0) is 19.6. The van der Waals surface area contributed by atoms with E-state index in [0.717, 1.165) is 12.5 Å². The fourth-order valence-corrected chi connectivity index (χ4v) is 2.75. The van der Waals surface area contributed by atoms with Gasteiger partial charge in [0, 0.05) is 32.7 Å². The van der Waals surface area contributed by atoms with E-state index in [0.29, 0.717) is 31.1 Å². The molecule has 0 spiro atoms. The second-order valence-electron chi connectivity index (χ2n) is 6.97. The summed E-state index contributed by atoms with van der Waals surface area (Å²) in [7, 11) is 3.88. The second-order valence-corrected chi connectivity index (χ2v) is 6.97. The van der Waals surface area contributed by atoms with Crippen LogP contribution in [0.3, 0.4) is 0 Å². The third-order valence-electron chi connectivity index (χ3n) is 4.73. The molecule has 0 unspecified atom stereocenters. The van der Waals surface area contributed by atoms with Crippen molar-refractivity contribution in [1.82, 2.24) is 15.5 Å². The van der Waals surface area contributed by atoms with Crippen LogP contribution in [0.15, 0.2) is 53.5 Å². The van der Waals surface area contributed by atoms with Crippen molar-refractivity contribution in [2.75, 3.05) is 20.6 Å². The van der Waals surface area contributed by atoms with E-state index in [1.165, 1.54) is 17.2 Å². The van der Waals surface area contributed by atoms with Gasteiger partial charge in [-0.25, -0.2) is 4.39 Å². The molecule has 2 aromatic rings. The molecule has 0 saturated heterocycles. The summed E-state index contributed by atoms with van der Waals surface area (Å²) in [6.07, 6.45) is 0.614. The highest BCUT2D eigenvalue weighted by molar-refractivity contribution is 14.0. The highest BCUT2D eigenvalue weighted by Gasteiger charge is 2.08. The number of nitrogens with zero attached hydrogens (tertiary/aromatic N) is 2. The van der Waals surface area contributed by atoms with Gasteiger partial charge in [0.25, 0.3) is 0 Å². The average Bonchev–Trinajstić information content (AvgIpc) is 2.66. The first-order chi connectivity index (χ1) is 13.0. The van der Waals surface area contributed by atoms with Crippen LogP contribution >= 0.6 is 24.0 Å². The van der Waals surface area contributed by atoms with Crippen molar-refractivity contribution in [3.63, 3.8) is 0 Å². The maximum absolute atomic E-state index is 13.7. The molecule has 0 amide bonds. The largest absolute Gasteiger partial charge is 0.356 e. The SMILES string of the molecule is CN=C(NCCc1ccccc1F)NCc1ccccc1CN(C)C(C)C.I. The lowest BCUT2D eigenvalue weighted by atomic mass is 10.1. The summed E-state index contributed by atoms with van der Waals surface area (Å²) < 4.78 is 13.7. The molecule has 0 fully saturated rings. The normalized spacial score (nSPS) is 11.5. The number of benzene rings is 2. The monoisotopic (exact) mass is 498 g/mol. The lowest BCUT2D eigenvalue weighted by Crippen LogP contribution is -2.38. The predicted molar refractivity (Wildman–Crippen MR) is 127 cm³/mol. The van der Waals surface area contributed by atoms with Crippen LogP contribution in [-0.2, 0) is 19.5 Å². The van der Waals surface area contributed by atoms with Gasteiger partial charge in [-0.2, -0.15) is 0 Å². The van der Waals surface area contributed by atoms with Crippen LogP contribution in [0.25, 0.3) is 0 Å². The fourth-order valence-electron chi connectivity index (χ4n) is 2.75. The van der Waals surface area contributed by atoms with Crippen molar-refractivity contribution in [2.45, 2.75) is 39.4 Å². The van der Waals surface area contributed by atoms with Gasteiger partial charge in [0.15, 0.2) is 5.96 Å². The Balaban J connectivity index is 0.00000392. The summed E-state index contributed by atoms with van der Waals surface area (Å²) in [4.78, 5) is 6.59. The zero-order valence-electron chi connectivity index (χ0n) is 17.2. The molecule has 0 radical (unpaired) electrons. The molecule has 0 saturated carbocycles. The Morgan fingerprint density at radius 1 is 1.00 bits per heavy atom. The molecule has 2 rings (SSSR count). The van der Waals surface area contributed by atoms with E-state index < -0.39 is 0 Å². The number of aliphatic imine (C=N–C) groups is 1. The van der Waals surface area contributed by atoms with Crippen molar-refractivity contribution in [1.29, 1.82) is 0 Å². The Kier molecular flexibility index (Phi) is 11.1. The van der Waals surface area contributed by atoms with Gasteiger partial charge >= 0.3 is 0 Å². The van der Waals surface area contributed by atoms with E-state index in [1.807, 2.05) is 12.1 Å². The van der Waals surface area contributed by atoms with Gasteiger partial charge in [0.1, 0.15) is 5.82 Å². The first kappa shape index (κ1) is 24.4. The molecule has 4 nitrogen and oxygen atoms in total. The first-order valence-corrected chi connectivity index (χ1v) is 9.46. The first-order valence-electron chi connectivity index (χ1n) is 9.46. The number of hydrogen-bond donors (Lipinski definition) is 2. The van der Waals surface area contributed by atoms with E-state index in [4.69, 9.17) is 0 Å².